The first kappa shape index (κ1) is 31.9. The van der Waals surface area contributed by atoms with E-state index in [4.69, 9.17) is 0 Å². The molecule has 246 valence electrons. The maximum Gasteiger partial charge on any atom is 0.257 e. The van der Waals surface area contributed by atoms with Crippen molar-refractivity contribution in [3.05, 3.63) is 69.4 Å². The highest BCUT2D eigenvalue weighted by atomic mass is 19.1. The molecule has 3 N–H and O–H groups in total. The van der Waals surface area contributed by atoms with Crippen molar-refractivity contribution in [1.82, 2.24) is 30.3 Å². The molecule has 5 heterocycles. The van der Waals surface area contributed by atoms with Crippen LogP contribution in [0.25, 0.3) is 0 Å². The molecule has 4 aliphatic rings. The van der Waals surface area contributed by atoms with Crippen molar-refractivity contribution in [3.8, 4) is 0 Å². The number of piperidine rings is 1. The lowest BCUT2D eigenvalue weighted by Crippen LogP contribution is -2.58. The normalized spacial score (nSPS) is 27.4. The van der Waals surface area contributed by atoms with Crippen LogP contribution in [-0.4, -0.2) is 89.3 Å². The van der Waals surface area contributed by atoms with Gasteiger partial charge < -0.3 is 25.8 Å². The van der Waals surface area contributed by atoms with Crippen molar-refractivity contribution in [2.75, 3.05) is 39.3 Å². The van der Waals surface area contributed by atoms with Crippen LogP contribution in [0.4, 0.5) is 4.39 Å². The highest BCUT2D eigenvalue weighted by molar-refractivity contribution is 5.98. The fourth-order valence-electron chi connectivity index (χ4n) is 7.55. The Labute approximate surface area is 267 Å². The van der Waals surface area contributed by atoms with Gasteiger partial charge in [-0.05, 0) is 61.8 Å². The maximum atomic E-state index is 14.9. The molecule has 2 fully saturated rings. The molecular weight excluding hydrogens is 591 g/mol. The van der Waals surface area contributed by atoms with Gasteiger partial charge in [-0.1, -0.05) is 26.0 Å². The lowest BCUT2D eigenvalue weighted by atomic mass is 9.78. The summed E-state index contributed by atoms with van der Waals surface area (Å²) in [6.45, 7) is 5.61. The van der Waals surface area contributed by atoms with Crippen LogP contribution in [0.2, 0.25) is 0 Å². The standard InChI is InChI=1S/C34H43FN6O5/c1-20(2)26-18-39(34(46)31-23-15-22(16-36-17-23)27-7-3-9-30(43)41(27)31)19-29(42)37-12-4-6-21-10-11-25(35)24(14-21)33(45)40-13-5-8-28(40)32(44)38-26/h3,7,9-11,14,20,22-23,26,28,31,36H,4-6,8,12-13,15-19H2,1-2H3,(H,37,42)(H,38,44)/t22-,23+,26+,28+,31-/m1/s1. The Bertz CT molecular complexity index is 1580. The Balaban J connectivity index is 1.33. The number of fused-ring (bicyclic) bond motifs is 7. The van der Waals surface area contributed by atoms with Gasteiger partial charge >= 0.3 is 0 Å². The molecule has 0 unspecified atom stereocenters. The molecule has 1 aromatic heterocycles. The lowest BCUT2D eigenvalue weighted by molar-refractivity contribution is -0.142. The molecular formula is C34H43FN6O5. The smallest absolute Gasteiger partial charge is 0.257 e. The summed E-state index contributed by atoms with van der Waals surface area (Å²) in [5.41, 5.74) is 1.25. The van der Waals surface area contributed by atoms with E-state index in [1.54, 1.807) is 16.7 Å². The van der Waals surface area contributed by atoms with Gasteiger partial charge in [-0.2, -0.15) is 0 Å². The van der Waals surface area contributed by atoms with Gasteiger partial charge in [0, 0.05) is 62.4 Å². The Hall–Kier alpha value is -4.06. The van der Waals surface area contributed by atoms with Gasteiger partial charge in [0.25, 0.3) is 11.5 Å². The molecule has 2 saturated heterocycles. The maximum absolute atomic E-state index is 14.9. The molecule has 0 saturated carbocycles. The van der Waals surface area contributed by atoms with Gasteiger partial charge in [-0.3, -0.25) is 28.5 Å². The predicted molar refractivity (Wildman–Crippen MR) is 169 cm³/mol. The van der Waals surface area contributed by atoms with Gasteiger partial charge in [0.15, 0.2) is 0 Å². The first-order valence-electron chi connectivity index (χ1n) is 16.5. The average molecular weight is 635 g/mol. The molecule has 46 heavy (non-hydrogen) atoms. The van der Waals surface area contributed by atoms with Crippen LogP contribution in [0.15, 0.2) is 41.2 Å². The van der Waals surface area contributed by atoms with Crippen molar-refractivity contribution in [2.24, 2.45) is 11.8 Å². The highest BCUT2D eigenvalue weighted by Crippen LogP contribution is 2.39. The number of aromatic nitrogens is 1. The summed E-state index contributed by atoms with van der Waals surface area (Å²) in [4.78, 5) is 71.4. The minimum absolute atomic E-state index is 0.0444. The van der Waals surface area contributed by atoms with Crippen LogP contribution in [-0.2, 0) is 20.8 Å². The predicted octanol–water partition coefficient (Wildman–Crippen LogP) is 1.57. The first-order valence-corrected chi connectivity index (χ1v) is 16.5. The molecule has 4 bridgehead atoms. The Morgan fingerprint density at radius 3 is 2.67 bits per heavy atom. The SMILES string of the molecule is CC(C)[C@@H]1CN(C(=O)[C@H]2[C@@H]3CNC[C@@H](C3)c3cccc(=O)n32)CC(=O)NCCCc2ccc(F)c(c2)C(=O)N2CCC[C@H]2C(=O)N1. The van der Waals surface area contributed by atoms with Crippen LogP contribution < -0.4 is 21.5 Å². The van der Waals surface area contributed by atoms with Crippen LogP contribution in [0.5, 0.6) is 0 Å². The van der Waals surface area contributed by atoms with E-state index in [0.29, 0.717) is 45.3 Å². The van der Waals surface area contributed by atoms with Crippen molar-refractivity contribution >= 4 is 23.6 Å². The van der Waals surface area contributed by atoms with E-state index in [2.05, 4.69) is 16.0 Å². The first-order chi connectivity index (χ1) is 22.1. The summed E-state index contributed by atoms with van der Waals surface area (Å²) < 4.78 is 16.5. The number of carbonyl (C=O) groups is 4. The third-order valence-corrected chi connectivity index (χ3v) is 10.0. The molecule has 0 spiro atoms. The lowest BCUT2D eigenvalue weighted by Gasteiger charge is -2.44. The number of pyridine rings is 1. The van der Waals surface area contributed by atoms with E-state index < -0.39 is 29.8 Å². The molecule has 6 rings (SSSR count). The molecule has 0 radical (unpaired) electrons. The minimum atomic E-state index is -0.790. The molecule has 5 atom stereocenters. The molecule has 2 aromatic rings. The number of carbonyl (C=O) groups excluding carboxylic acids is 4. The molecule has 0 aliphatic carbocycles. The third kappa shape index (κ3) is 6.31. The molecule has 4 aliphatic heterocycles. The number of hydrogen-bond acceptors (Lipinski definition) is 6. The molecule has 4 amide bonds. The largest absolute Gasteiger partial charge is 0.355 e. The second-order valence-corrected chi connectivity index (χ2v) is 13.5. The summed E-state index contributed by atoms with van der Waals surface area (Å²) in [6, 6.07) is 7.40. The third-order valence-electron chi connectivity index (χ3n) is 10.0. The van der Waals surface area contributed by atoms with E-state index in [0.717, 1.165) is 24.2 Å². The monoisotopic (exact) mass is 634 g/mol. The summed E-state index contributed by atoms with van der Waals surface area (Å²) in [7, 11) is 0. The fraction of sp³-hybridized carbons (Fsp3) is 0.559. The van der Waals surface area contributed by atoms with Gasteiger partial charge in [-0.15, -0.1) is 0 Å². The van der Waals surface area contributed by atoms with Crippen molar-refractivity contribution in [1.29, 1.82) is 0 Å². The number of rotatable bonds is 2. The fourth-order valence-corrected chi connectivity index (χ4v) is 7.55. The molecule has 1 aromatic carbocycles. The van der Waals surface area contributed by atoms with Gasteiger partial charge in [0.1, 0.15) is 17.9 Å². The Morgan fingerprint density at radius 2 is 1.87 bits per heavy atom. The second kappa shape index (κ2) is 13.4. The zero-order chi connectivity index (χ0) is 32.5. The number of hydrogen-bond donors (Lipinski definition) is 3. The molecule has 11 nitrogen and oxygen atoms in total. The van der Waals surface area contributed by atoms with Crippen LogP contribution >= 0.6 is 0 Å². The Morgan fingerprint density at radius 1 is 1.04 bits per heavy atom. The Kier molecular flexibility index (Phi) is 9.26. The quantitative estimate of drug-likeness (QED) is 0.460. The zero-order valence-corrected chi connectivity index (χ0v) is 26.5. The van der Waals surface area contributed by atoms with Crippen molar-refractivity contribution in [2.45, 2.75) is 70.0 Å². The van der Waals surface area contributed by atoms with E-state index in [9.17, 15) is 28.4 Å². The number of aryl methyl sites for hydroxylation is 1. The van der Waals surface area contributed by atoms with Crippen LogP contribution in [0.1, 0.15) is 73.1 Å². The van der Waals surface area contributed by atoms with Crippen LogP contribution in [0, 0.1) is 17.7 Å². The number of halogens is 1. The second-order valence-electron chi connectivity index (χ2n) is 13.5. The number of amides is 4. The van der Waals surface area contributed by atoms with Crippen molar-refractivity contribution in [3.63, 3.8) is 0 Å². The number of nitrogens with zero attached hydrogens (tertiary/aromatic N) is 3. The van der Waals surface area contributed by atoms with E-state index in [-0.39, 0.29) is 59.7 Å². The summed E-state index contributed by atoms with van der Waals surface area (Å²) in [6.07, 6.45) is 2.84. The van der Waals surface area contributed by atoms with Crippen LogP contribution in [0.3, 0.4) is 0 Å². The number of benzene rings is 1. The summed E-state index contributed by atoms with van der Waals surface area (Å²) in [5.74, 6) is -2.36. The zero-order valence-electron chi connectivity index (χ0n) is 26.5. The average Bonchev–Trinajstić information content (AvgIpc) is 3.53. The number of nitrogens with one attached hydrogen (secondary N) is 3. The summed E-state index contributed by atoms with van der Waals surface area (Å²) >= 11 is 0. The highest BCUT2D eigenvalue weighted by Gasteiger charge is 2.44. The van der Waals surface area contributed by atoms with Gasteiger partial charge in [0.05, 0.1) is 12.1 Å². The van der Waals surface area contributed by atoms with Crippen molar-refractivity contribution < 1.29 is 23.6 Å². The van der Waals surface area contributed by atoms with E-state index in [1.165, 1.54) is 28.0 Å². The van der Waals surface area contributed by atoms with Gasteiger partial charge in [-0.25, -0.2) is 4.39 Å². The minimum Gasteiger partial charge on any atom is -0.355 e. The molecule has 12 heteroatoms. The topological polar surface area (TPSA) is 133 Å². The van der Waals surface area contributed by atoms with Gasteiger partial charge in [0.2, 0.25) is 17.7 Å². The van der Waals surface area contributed by atoms with E-state index >= 15 is 0 Å². The summed E-state index contributed by atoms with van der Waals surface area (Å²) in [5, 5.41) is 9.38. The van der Waals surface area contributed by atoms with E-state index in [1.807, 2.05) is 19.9 Å².